The molecule has 146 valence electrons. The predicted molar refractivity (Wildman–Crippen MR) is 110 cm³/mol. The highest BCUT2D eigenvalue weighted by atomic mass is 79.9. The molecule has 0 aromatic carbocycles. The van der Waals surface area contributed by atoms with Crippen LogP contribution in [-0.4, -0.2) is 47.4 Å². The number of carbonyl (C=O) groups excluding carboxylic acids is 2. The lowest BCUT2D eigenvalue weighted by molar-refractivity contribution is -0.137. The molecule has 3 rings (SSSR count). The molecular weight excluding hydrogens is 443 g/mol. The van der Waals surface area contributed by atoms with Crippen molar-refractivity contribution in [2.75, 3.05) is 25.0 Å². The second-order valence-electron chi connectivity index (χ2n) is 6.48. The van der Waals surface area contributed by atoms with E-state index in [0.717, 1.165) is 49.7 Å². The Bertz CT molecular complexity index is 597. The van der Waals surface area contributed by atoms with E-state index in [2.05, 4.69) is 31.5 Å². The average Bonchev–Trinajstić information content (AvgIpc) is 2.64. The summed E-state index contributed by atoms with van der Waals surface area (Å²) in [5, 5.41) is 6.15. The van der Waals surface area contributed by atoms with Crippen molar-refractivity contribution in [3.05, 3.63) is 22.8 Å². The highest BCUT2D eigenvalue weighted by molar-refractivity contribution is 9.10. The van der Waals surface area contributed by atoms with Crippen LogP contribution in [0.1, 0.15) is 32.1 Å². The third kappa shape index (κ3) is 6.08. The predicted octanol–water partition coefficient (Wildman–Crippen LogP) is 3.01. The lowest BCUT2D eigenvalue weighted by Gasteiger charge is -2.35. The summed E-state index contributed by atoms with van der Waals surface area (Å²) >= 11 is 3.32. The van der Waals surface area contributed by atoms with Gasteiger partial charge in [0.15, 0.2) is 0 Å². The zero-order valence-corrected chi connectivity index (χ0v) is 17.7. The maximum atomic E-state index is 12.6. The molecule has 0 spiro atoms. The molecule has 1 aromatic rings. The standard InChI is InChI=1S/C17H23BrN4O2.2ClH/c18-13-6-7-15(20-10-13)21-16(23)12-4-3-9-22(11-12)17(24)14-5-1-2-8-19-14;;/h6-7,10,12,14,19H,1-5,8-9,11H2,(H,20,21,23);2*1H. The van der Waals surface area contributed by atoms with E-state index < -0.39 is 0 Å². The zero-order chi connectivity index (χ0) is 16.9. The summed E-state index contributed by atoms with van der Waals surface area (Å²) < 4.78 is 0.870. The van der Waals surface area contributed by atoms with Crippen molar-refractivity contribution in [2.45, 2.75) is 38.1 Å². The highest BCUT2D eigenvalue weighted by Crippen LogP contribution is 2.21. The minimum atomic E-state index is -0.170. The first-order chi connectivity index (χ1) is 11.6. The van der Waals surface area contributed by atoms with Crippen molar-refractivity contribution >= 4 is 58.4 Å². The van der Waals surface area contributed by atoms with Crippen molar-refractivity contribution in [3.8, 4) is 0 Å². The highest BCUT2D eigenvalue weighted by Gasteiger charge is 2.32. The molecule has 2 atom stereocenters. The number of amides is 2. The number of piperidine rings is 2. The average molecular weight is 468 g/mol. The van der Waals surface area contributed by atoms with E-state index in [1.165, 1.54) is 0 Å². The zero-order valence-electron chi connectivity index (χ0n) is 14.4. The Kier molecular flexibility index (Phi) is 9.85. The Balaban J connectivity index is 0.00000169. The molecule has 0 aliphatic carbocycles. The molecule has 9 heteroatoms. The molecule has 3 heterocycles. The van der Waals surface area contributed by atoms with Gasteiger partial charge in [-0.15, -0.1) is 24.8 Å². The van der Waals surface area contributed by atoms with Crippen molar-refractivity contribution in [1.29, 1.82) is 0 Å². The van der Waals surface area contributed by atoms with Crippen LogP contribution >= 0.6 is 40.7 Å². The molecule has 26 heavy (non-hydrogen) atoms. The summed E-state index contributed by atoms with van der Waals surface area (Å²) in [4.78, 5) is 31.1. The van der Waals surface area contributed by atoms with Gasteiger partial charge in [0.05, 0.1) is 12.0 Å². The van der Waals surface area contributed by atoms with E-state index >= 15 is 0 Å². The Morgan fingerprint density at radius 1 is 1.19 bits per heavy atom. The van der Waals surface area contributed by atoms with E-state index in [0.29, 0.717) is 12.4 Å². The van der Waals surface area contributed by atoms with Crippen LogP contribution in [-0.2, 0) is 9.59 Å². The monoisotopic (exact) mass is 466 g/mol. The van der Waals surface area contributed by atoms with Crippen molar-refractivity contribution in [2.24, 2.45) is 5.92 Å². The number of anilines is 1. The first kappa shape index (κ1) is 23.1. The van der Waals surface area contributed by atoms with Crippen molar-refractivity contribution in [1.82, 2.24) is 15.2 Å². The molecule has 0 radical (unpaired) electrons. The lowest BCUT2D eigenvalue weighted by atomic mass is 9.95. The van der Waals surface area contributed by atoms with Crippen molar-refractivity contribution < 1.29 is 9.59 Å². The molecule has 2 unspecified atom stereocenters. The first-order valence-electron chi connectivity index (χ1n) is 8.58. The van der Waals surface area contributed by atoms with Gasteiger partial charge in [0.2, 0.25) is 11.8 Å². The lowest BCUT2D eigenvalue weighted by Crippen LogP contribution is -2.52. The van der Waals surface area contributed by atoms with E-state index in [9.17, 15) is 9.59 Å². The van der Waals surface area contributed by atoms with Gasteiger partial charge in [-0.2, -0.15) is 0 Å². The van der Waals surface area contributed by atoms with Gasteiger partial charge in [0.1, 0.15) is 5.82 Å². The minimum Gasteiger partial charge on any atom is -0.341 e. The second kappa shape index (κ2) is 11.1. The third-order valence-corrected chi connectivity index (χ3v) is 5.16. The number of nitrogens with zero attached hydrogens (tertiary/aromatic N) is 2. The Labute approximate surface area is 174 Å². The van der Waals surface area contributed by atoms with Gasteiger partial charge in [-0.1, -0.05) is 6.42 Å². The molecule has 2 fully saturated rings. The number of pyridine rings is 1. The third-order valence-electron chi connectivity index (χ3n) is 4.69. The number of hydrogen-bond donors (Lipinski definition) is 2. The fraction of sp³-hybridized carbons (Fsp3) is 0.588. The number of carbonyl (C=O) groups is 2. The molecule has 2 N–H and O–H groups in total. The minimum absolute atomic E-state index is 0. The number of halogens is 3. The van der Waals surface area contributed by atoms with E-state index in [1.54, 1.807) is 12.3 Å². The molecular formula is C17H25BrCl2N4O2. The van der Waals surface area contributed by atoms with Crippen LogP contribution in [0.25, 0.3) is 0 Å². The van der Waals surface area contributed by atoms with E-state index in [-0.39, 0.29) is 48.6 Å². The van der Waals surface area contributed by atoms with Crippen LogP contribution in [0.4, 0.5) is 5.82 Å². The van der Waals surface area contributed by atoms with Gasteiger partial charge in [0, 0.05) is 23.8 Å². The van der Waals surface area contributed by atoms with Gasteiger partial charge in [-0.05, 0) is 60.3 Å². The smallest absolute Gasteiger partial charge is 0.239 e. The summed E-state index contributed by atoms with van der Waals surface area (Å²) in [7, 11) is 0. The van der Waals surface area contributed by atoms with Crippen LogP contribution in [0.2, 0.25) is 0 Å². The maximum Gasteiger partial charge on any atom is 0.239 e. The summed E-state index contributed by atoms with van der Waals surface area (Å²) in [6, 6.07) is 3.53. The van der Waals surface area contributed by atoms with E-state index in [4.69, 9.17) is 0 Å². The quantitative estimate of drug-likeness (QED) is 0.716. The van der Waals surface area contributed by atoms with Crippen LogP contribution in [0.15, 0.2) is 22.8 Å². The van der Waals surface area contributed by atoms with E-state index in [1.807, 2.05) is 11.0 Å². The van der Waals surface area contributed by atoms with Crippen LogP contribution in [0.5, 0.6) is 0 Å². The fourth-order valence-corrected chi connectivity index (χ4v) is 3.59. The fourth-order valence-electron chi connectivity index (χ4n) is 3.35. The Hall–Kier alpha value is -0.890. The molecule has 6 nitrogen and oxygen atoms in total. The molecule has 2 aliphatic heterocycles. The largest absolute Gasteiger partial charge is 0.341 e. The van der Waals surface area contributed by atoms with Crippen LogP contribution in [0, 0.1) is 5.92 Å². The number of aromatic nitrogens is 1. The Morgan fingerprint density at radius 2 is 2.00 bits per heavy atom. The second-order valence-corrected chi connectivity index (χ2v) is 7.39. The molecule has 2 amide bonds. The van der Waals surface area contributed by atoms with Crippen LogP contribution < -0.4 is 10.6 Å². The summed E-state index contributed by atoms with van der Waals surface area (Å²) in [5.41, 5.74) is 0. The Morgan fingerprint density at radius 3 is 2.65 bits per heavy atom. The normalized spacial score (nSPS) is 22.6. The van der Waals surface area contributed by atoms with Gasteiger partial charge in [0.25, 0.3) is 0 Å². The van der Waals surface area contributed by atoms with Crippen molar-refractivity contribution in [3.63, 3.8) is 0 Å². The van der Waals surface area contributed by atoms with Gasteiger partial charge < -0.3 is 15.5 Å². The number of rotatable bonds is 3. The number of likely N-dealkylation sites (tertiary alicyclic amines) is 1. The first-order valence-corrected chi connectivity index (χ1v) is 9.37. The summed E-state index contributed by atoms with van der Waals surface area (Å²) in [6.45, 7) is 2.15. The molecule has 2 saturated heterocycles. The summed E-state index contributed by atoms with van der Waals surface area (Å²) in [6.07, 6.45) is 6.45. The van der Waals surface area contributed by atoms with Crippen LogP contribution in [0.3, 0.4) is 0 Å². The SMILES string of the molecule is Cl.Cl.O=C(Nc1ccc(Br)cn1)C1CCCN(C(=O)C2CCCCN2)C1. The van der Waals surface area contributed by atoms with Gasteiger partial charge in [-0.25, -0.2) is 4.98 Å². The number of hydrogen-bond acceptors (Lipinski definition) is 4. The molecule has 2 aliphatic rings. The summed E-state index contributed by atoms with van der Waals surface area (Å²) in [5.74, 6) is 0.463. The van der Waals surface area contributed by atoms with Gasteiger partial charge >= 0.3 is 0 Å². The van der Waals surface area contributed by atoms with Gasteiger partial charge in [-0.3, -0.25) is 9.59 Å². The molecule has 1 aromatic heterocycles. The topological polar surface area (TPSA) is 74.3 Å². The maximum absolute atomic E-state index is 12.6. The number of nitrogens with one attached hydrogen (secondary N) is 2. The molecule has 0 bridgehead atoms. The molecule has 0 saturated carbocycles.